The Balaban J connectivity index is 2.31. The highest BCUT2D eigenvalue weighted by molar-refractivity contribution is 7.89. The van der Waals surface area contributed by atoms with Gasteiger partial charge in [0.2, 0.25) is 10.0 Å². The molecule has 0 spiro atoms. The summed E-state index contributed by atoms with van der Waals surface area (Å²) in [5, 5.41) is 10.5. The molecular weight excluding hydrogens is 286 g/mol. The van der Waals surface area contributed by atoms with E-state index in [9.17, 15) is 8.42 Å². The van der Waals surface area contributed by atoms with Gasteiger partial charge in [-0.25, -0.2) is 13.1 Å². The third kappa shape index (κ3) is 6.01. The molecule has 2 N–H and O–H groups in total. The van der Waals surface area contributed by atoms with E-state index in [2.05, 4.69) is 4.72 Å². The molecule has 0 atom stereocenters. The van der Waals surface area contributed by atoms with Crippen LogP contribution in [0.5, 0.6) is 0 Å². The van der Waals surface area contributed by atoms with Crippen molar-refractivity contribution in [3.8, 4) is 0 Å². The number of hydrogen-bond acceptors (Lipinski definition) is 5. The average Bonchev–Trinajstić information content (AvgIpc) is 2.82. The minimum atomic E-state index is -3.44. The molecule has 0 bridgehead atoms. The Morgan fingerprint density at radius 3 is 2.74 bits per heavy atom. The van der Waals surface area contributed by atoms with E-state index in [1.54, 1.807) is 0 Å². The maximum Gasteiger partial charge on any atom is 0.241 e. The lowest BCUT2D eigenvalue weighted by Crippen LogP contribution is -2.24. The molecule has 1 aromatic heterocycles. The fraction of sp³-hybridized carbons (Fsp3) is 0.667. The van der Waals surface area contributed by atoms with Crippen LogP contribution in [0.1, 0.15) is 31.6 Å². The van der Waals surface area contributed by atoms with Crippen LogP contribution < -0.4 is 4.72 Å². The van der Waals surface area contributed by atoms with Crippen LogP contribution in [0.4, 0.5) is 0 Å². The first kappa shape index (κ1) is 16.6. The van der Waals surface area contributed by atoms with Gasteiger partial charge in [0, 0.05) is 23.4 Å². The van der Waals surface area contributed by atoms with E-state index in [4.69, 9.17) is 9.84 Å². The van der Waals surface area contributed by atoms with Gasteiger partial charge in [-0.2, -0.15) is 0 Å². The predicted molar refractivity (Wildman–Crippen MR) is 75.8 cm³/mol. The van der Waals surface area contributed by atoms with Gasteiger partial charge in [-0.15, -0.1) is 11.3 Å². The highest BCUT2D eigenvalue weighted by atomic mass is 32.2. The normalized spacial score (nSPS) is 12.2. The first-order chi connectivity index (χ1) is 8.95. The molecule has 0 aliphatic rings. The zero-order valence-electron chi connectivity index (χ0n) is 11.3. The van der Waals surface area contributed by atoms with Gasteiger partial charge in [-0.3, -0.25) is 0 Å². The molecule has 0 unspecified atom stereocenters. The summed E-state index contributed by atoms with van der Waals surface area (Å²) >= 11 is 1.24. The number of thiophene rings is 1. The fourth-order valence-corrected chi connectivity index (χ4v) is 3.63. The lowest BCUT2D eigenvalue weighted by Gasteiger charge is -2.07. The van der Waals surface area contributed by atoms with Crippen molar-refractivity contribution in [3.05, 3.63) is 16.3 Å². The standard InChI is InChI=1S/C12H21NO4S2/c1-10(2)17-6-4-3-5-13-19(15,16)12-7-11(8-14)18-9-12/h7,9-10,13-14H,3-6,8H2,1-2H3. The number of ether oxygens (including phenoxy) is 1. The summed E-state index contributed by atoms with van der Waals surface area (Å²) in [4.78, 5) is 0.866. The molecule has 110 valence electrons. The third-order valence-corrected chi connectivity index (χ3v) is 4.92. The van der Waals surface area contributed by atoms with Crippen LogP contribution >= 0.6 is 11.3 Å². The molecule has 1 heterocycles. The Labute approximate surface area is 118 Å². The molecular formula is C12H21NO4S2. The molecule has 0 amide bonds. The van der Waals surface area contributed by atoms with Gasteiger partial charge in [0.15, 0.2) is 0 Å². The Morgan fingerprint density at radius 1 is 1.42 bits per heavy atom. The van der Waals surface area contributed by atoms with Crippen LogP contribution in [-0.2, 0) is 21.4 Å². The minimum Gasteiger partial charge on any atom is -0.391 e. The molecule has 5 nitrogen and oxygen atoms in total. The van der Waals surface area contributed by atoms with Crippen LogP contribution in [0, 0.1) is 0 Å². The van der Waals surface area contributed by atoms with Gasteiger partial charge in [0.05, 0.1) is 17.6 Å². The molecule has 0 radical (unpaired) electrons. The zero-order chi connectivity index (χ0) is 14.3. The molecule has 0 aliphatic heterocycles. The lowest BCUT2D eigenvalue weighted by atomic mass is 10.3. The Bertz CT molecular complexity index is 468. The number of unbranched alkanes of at least 4 members (excludes halogenated alkanes) is 1. The average molecular weight is 307 g/mol. The van der Waals surface area contributed by atoms with E-state index in [1.807, 2.05) is 13.8 Å². The number of aliphatic hydroxyl groups excluding tert-OH is 1. The van der Waals surface area contributed by atoms with Crippen molar-refractivity contribution < 1.29 is 18.3 Å². The maximum atomic E-state index is 11.9. The van der Waals surface area contributed by atoms with E-state index in [1.165, 1.54) is 22.8 Å². The molecule has 1 rings (SSSR count). The van der Waals surface area contributed by atoms with Crippen LogP contribution in [0.3, 0.4) is 0 Å². The number of nitrogens with one attached hydrogen (secondary N) is 1. The summed E-state index contributed by atoms with van der Waals surface area (Å²) in [6.07, 6.45) is 1.77. The largest absolute Gasteiger partial charge is 0.391 e. The highest BCUT2D eigenvalue weighted by Gasteiger charge is 2.15. The summed E-state index contributed by atoms with van der Waals surface area (Å²) in [7, 11) is -3.44. The Morgan fingerprint density at radius 2 is 2.16 bits per heavy atom. The van der Waals surface area contributed by atoms with Gasteiger partial charge in [-0.1, -0.05) is 0 Å². The molecule has 0 fully saturated rings. The SMILES string of the molecule is CC(C)OCCCCNS(=O)(=O)c1csc(CO)c1. The van der Waals surface area contributed by atoms with E-state index in [-0.39, 0.29) is 17.6 Å². The topological polar surface area (TPSA) is 75.6 Å². The second-order valence-corrected chi connectivity index (χ2v) is 7.19. The number of aliphatic hydroxyl groups is 1. The molecule has 0 aromatic carbocycles. The number of rotatable bonds is 9. The molecule has 0 saturated carbocycles. The van der Waals surface area contributed by atoms with E-state index in [0.717, 1.165) is 12.8 Å². The predicted octanol–water partition coefficient (Wildman–Crippen LogP) is 1.72. The lowest BCUT2D eigenvalue weighted by molar-refractivity contribution is 0.0762. The molecule has 0 saturated heterocycles. The second-order valence-electron chi connectivity index (χ2n) is 4.43. The van der Waals surface area contributed by atoms with Crippen molar-refractivity contribution in [2.45, 2.75) is 44.3 Å². The van der Waals surface area contributed by atoms with Gasteiger partial charge in [0.25, 0.3) is 0 Å². The van der Waals surface area contributed by atoms with E-state index >= 15 is 0 Å². The van der Waals surface area contributed by atoms with Crippen LogP contribution in [-0.4, -0.2) is 32.8 Å². The van der Waals surface area contributed by atoms with Gasteiger partial charge in [0.1, 0.15) is 0 Å². The van der Waals surface area contributed by atoms with Crippen LogP contribution in [0.25, 0.3) is 0 Å². The van der Waals surface area contributed by atoms with Crippen molar-refractivity contribution >= 4 is 21.4 Å². The van der Waals surface area contributed by atoms with Crippen LogP contribution in [0.15, 0.2) is 16.3 Å². The Hall–Kier alpha value is -0.470. The van der Waals surface area contributed by atoms with Crippen LogP contribution in [0.2, 0.25) is 0 Å². The Kier molecular flexibility index (Phi) is 6.95. The van der Waals surface area contributed by atoms with Crippen molar-refractivity contribution in [2.75, 3.05) is 13.2 Å². The summed E-state index contributed by atoms with van der Waals surface area (Å²) in [5.41, 5.74) is 0. The first-order valence-corrected chi connectivity index (χ1v) is 8.61. The molecule has 0 aliphatic carbocycles. The summed E-state index contributed by atoms with van der Waals surface area (Å²) < 4.78 is 31.7. The molecule has 19 heavy (non-hydrogen) atoms. The number of hydrogen-bond donors (Lipinski definition) is 2. The smallest absolute Gasteiger partial charge is 0.241 e. The summed E-state index contributed by atoms with van der Waals surface area (Å²) in [6, 6.07) is 1.49. The fourth-order valence-electron chi connectivity index (χ4n) is 1.42. The summed E-state index contributed by atoms with van der Waals surface area (Å²) in [6.45, 7) is 4.85. The molecule has 7 heteroatoms. The van der Waals surface area contributed by atoms with Crippen molar-refractivity contribution in [1.82, 2.24) is 4.72 Å². The zero-order valence-corrected chi connectivity index (χ0v) is 12.9. The van der Waals surface area contributed by atoms with Crippen molar-refractivity contribution in [2.24, 2.45) is 0 Å². The summed E-state index contributed by atoms with van der Waals surface area (Å²) in [5.74, 6) is 0. The van der Waals surface area contributed by atoms with Gasteiger partial charge < -0.3 is 9.84 Å². The second kappa shape index (κ2) is 7.96. The van der Waals surface area contributed by atoms with E-state index in [0.29, 0.717) is 18.0 Å². The van der Waals surface area contributed by atoms with E-state index < -0.39 is 10.0 Å². The first-order valence-electron chi connectivity index (χ1n) is 6.25. The number of sulfonamides is 1. The monoisotopic (exact) mass is 307 g/mol. The van der Waals surface area contributed by atoms with Crippen molar-refractivity contribution in [3.63, 3.8) is 0 Å². The minimum absolute atomic E-state index is 0.132. The maximum absolute atomic E-state index is 11.9. The molecule has 1 aromatic rings. The highest BCUT2D eigenvalue weighted by Crippen LogP contribution is 2.18. The van der Waals surface area contributed by atoms with Gasteiger partial charge in [-0.05, 0) is 32.8 Å². The quantitative estimate of drug-likeness (QED) is 0.681. The van der Waals surface area contributed by atoms with Gasteiger partial charge >= 0.3 is 0 Å². The van der Waals surface area contributed by atoms with Crippen molar-refractivity contribution in [1.29, 1.82) is 0 Å². The third-order valence-electron chi connectivity index (χ3n) is 2.41.